The number of carbonyl (C=O) groups excluding carboxylic acids is 2. The van der Waals surface area contributed by atoms with E-state index in [1.807, 2.05) is 24.3 Å². The van der Waals surface area contributed by atoms with Crippen molar-refractivity contribution in [1.82, 2.24) is 0 Å². The molecule has 0 atom stereocenters. The molecule has 0 N–H and O–H groups in total. The van der Waals surface area contributed by atoms with Crippen molar-refractivity contribution in [2.45, 2.75) is 0 Å². The molecule has 0 aliphatic rings. The van der Waals surface area contributed by atoms with Gasteiger partial charge in [0, 0.05) is 21.4 Å². The molecule has 0 spiro atoms. The molecule has 5 nitrogen and oxygen atoms in total. The molecular weight excluding hydrogens is 404 g/mol. The van der Waals surface area contributed by atoms with E-state index in [0.717, 1.165) is 10.9 Å². The highest BCUT2D eigenvalue weighted by Gasteiger charge is 2.16. The van der Waals surface area contributed by atoms with Crippen molar-refractivity contribution in [1.29, 1.82) is 0 Å². The summed E-state index contributed by atoms with van der Waals surface area (Å²) in [5, 5.41) is 2.60. The van der Waals surface area contributed by atoms with Gasteiger partial charge in [-0.2, -0.15) is 0 Å². The lowest BCUT2D eigenvalue weighted by Crippen LogP contribution is -2.15. The topological polar surface area (TPSA) is 73.6 Å². The Morgan fingerprint density at radius 1 is 1.00 bits per heavy atom. The molecule has 1 aromatic heterocycles. The highest BCUT2D eigenvalue weighted by atomic mass is 35.5. The van der Waals surface area contributed by atoms with E-state index in [4.69, 9.17) is 16.0 Å². The first kappa shape index (κ1) is 19.6. The largest absolute Gasteiger partial charge is 0.465 e. The minimum absolute atomic E-state index is 0.175. The van der Waals surface area contributed by atoms with Crippen LogP contribution in [0.4, 0.5) is 0 Å². The SMILES string of the molecule is COC(=O)c1cc2cc(/C=C/C(=O)c3ccc(Cl)cc3)c3ccccc3c2oc1=O. The lowest BCUT2D eigenvalue weighted by Gasteiger charge is -2.08. The highest BCUT2D eigenvalue weighted by molar-refractivity contribution is 6.30. The third-order valence-electron chi connectivity index (χ3n) is 4.72. The summed E-state index contributed by atoms with van der Waals surface area (Å²) in [6, 6.07) is 17.2. The van der Waals surface area contributed by atoms with Crippen LogP contribution in [0.25, 0.3) is 27.8 Å². The van der Waals surface area contributed by atoms with Crippen LogP contribution in [0.3, 0.4) is 0 Å². The summed E-state index contributed by atoms with van der Waals surface area (Å²) >= 11 is 5.87. The highest BCUT2D eigenvalue weighted by Crippen LogP contribution is 2.29. The van der Waals surface area contributed by atoms with Crippen LogP contribution in [0, 0.1) is 0 Å². The maximum Gasteiger partial charge on any atom is 0.351 e. The van der Waals surface area contributed by atoms with Crippen molar-refractivity contribution in [2.24, 2.45) is 0 Å². The van der Waals surface area contributed by atoms with Crippen LogP contribution in [0.1, 0.15) is 26.3 Å². The predicted molar refractivity (Wildman–Crippen MR) is 116 cm³/mol. The van der Waals surface area contributed by atoms with Crippen LogP contribution in [0.5, 0.6) is 0 Å². The average Bonchev–Trinajstić information content (AvgIpc) is 2.77. The first-order valence-electron chi connectivity index (χ1n) is 9.04. The number of methoxy groups -OCH3 is 1. The third-order valence-corrected chi connectivity index (χ3v) is 4.97. The lowest BCUT2D eigenvalue weighted by molar-refractivity contribution is 0.0596. The van der Waals surface area contributed by atoms with Gasteiger partial charge < -0.3 is 9.15 Å². The quantitative estimate of drug-likeness (QED) is 0.148. The van der Waals surface area contributed by atoms with E-state index in [-0.39, 0.29) is 11.3 Å². The van der Waals surface area contributed by atoms with Crippen LogP contribution in [0.15, 0.2) is 76.0 Å². The van der Waals surface area contributed by atoms with Crippen molar-refractivity contribution in [3.8, 4) is 0 Å². The normalized spacial score (nSPS) is 11.3. The van der Waals surface area contributed by atoms with Crippen molar-refractivity contribution < 1.29 is 18.7 Å². The van der Waals surface area contributed by atoms with E-state index >= 15 is 0 Å². The number of carbonyl (C=O) groups is 2. The minimum Gasteiger partial charge on any atom is -0.465 e. The summed E-state index contributed by atoms with van der Waals surface area (Å²) in [4.78, 5) is 36.6. The molecule has 4 rings (SSSR count). The summed E-state index contributed by atoms with van der Waals surface area (Å²) in [7, 11) is 1.20. The molecule has 0 bridgehead atoms. The number of rotatable bonds is 4. The Bertz CT molecular complexity index is 1380. The number of fused-ring (bicyclic) bond motifs is 3. The predicted octanol–water partition coefficient (Wildman–Crippen LogP) is 5.28. The Balaban J connectivity index is 1.86. The molecular formula is C24H15ClO5. The van der Waals surface area contributed by atoms with E-state index < -0.39 is 11.6 Å². The number of ketones is 1. The second-order valence-electron chi connectivity index (χ2n) is 6.57. The van der Waals surface area contributed by atoms with Gasteiger partial charge in [0.25, 0.3) is 0 Å². The molecule has 0 aliphatic heterocycles. The molecule has 3 aromatic carbocycles. The van der Waals surface area contributed by atoms with E-state index in [0.29, 0.717) is 26.9 Å². The van der Waals surface area contributed by atoms with Crippen LogP contribution in [0.2, 0.25) is 5.02 Å². The first-order valence-corrected chi connectivity index (χ1v) is 9.41. The summed E-state index contributed by atoms with van der Waals surface area (Å²) in [5.41, 5.74) is 0.669. The Morgan fingerprint density at radius 2 is 1.70 bits per heavy atom. The van der Waals surface area contributed by atoms with E-state index in [2.05, 4.69) is 4.74 Å². The molecule has 0 unspecified atom stereocenters. The summed E-state index contributed by atoms with van der Waals surface area (Å²) in [6.07, 6.45) is 3.17. The minimum atomic E-state index is -0.770. The fourth-order valence-electron chi connectivity index (χ4n) is 3.25. The van der Waals surface area contributed by atoms with Gasteiger partial charge >= 0.3 is 11.6 Å². The number of benzene rings is 3. The van der Waals surface area contributed by atoms with Crippen molar-refractivity contribution in [2.75, 3.05) is 7.11 Å². The number of allylic oxidation sites excluding steroid dienone is 1. The Kier molecular flexibility index (Phi) is 5.21. The maximum atomic E-state index is 12.5. The molecule has 0 saturated heterocycles. The fraction of sp³-hybridized carbons (Fsp3) is 0.0417. The van der Waals surface area contributed by atoms with Crippen LogP contribution in [-0.4, -0.2) is 18.9 Å². The van der Waals surface area contributed by atoms with Gasteiger partial charge in [-0.3, -0.25) is 4.79 Å². The van der Waals surface area contributed by atoms with Gasteiger partial charge in [0.2, 0.25) is 0 Å². The van der Waals surface area contributed by atoms with E-state index in [1.54, 1.807) is 36.4 Å². The molecule has 4 aromatic rings. The number of ether oxygens (including phenoxy) is 1. The van der Waals surface area contributed by atoms with E-state index in [1.165, 1.54) is 19.3 Å². The maximum absolute atomic E-state index is 12.5. The molecule has 0 radical (unpaired) electrons. The molecule has 6 heteroatoms. The Labute approximate surface area is 176 Å². The fourth-order valence-corrected chi connectivity index (χ4v) is 3.37. The molecule has 0 amide bonds. The second-order valence-corrected chi connectivity index (χ2v) is 7.01. The lowest BCUT2D eigenvalue weighted by atomic mass is 9.99. The molecule has 0 aliphatic carbocycles. The van der Waals surface area contributed by atoms with Gasteiger partial charge in [-0.25, -0.2) is 9.59 Å². The van der Waals surface area contributed by atoms with Crippen molar-refractivity contribution >= 4 is 51.2 Å². The number of halogens is 1. The summed E-state index contributed by atoms with van der Waals surface area (Å²) < 4.78 is 10.1. The number of hydrogen-bond acceptors (Lipinski definition) is 5. The van der Waals surface area contributed by atoms with Crippen LogP contribution >= 0.6 is 11.6 Å². The van der Waals surface area contributed by atoms with Gasteiger partial charge in [-0.15, -0.1) is 0 Å². The average molecular weight is 419 g/mol. The van der Waals surface area contributed by atoms with Crippen molar-refractivity contribution in [3.63, 3.8) is 0 Å². The van der Waals surface area contributed by atoms with Crippen molar-refractivity contribution in [3.05, 3.63) is 98.9 Å². The standard InChI is InChI=1S/C24H15ClO5/c1-29-23(27)20-13-16-12-15(8-11-21(26)14-6-9-17(25)10-7-14)18-4-2-3-5-19(18)22(16)30-24(20)28/h2-13H,1H3/b11-8+. The van der Waals surface area contributed by atoms with Crippen LogP contribution < -0.4 is 5.63 Å². The number of esters is 1. The molecule has 148 valence electrons. The van der Waals surface area contributed by atoms with E-state index in [9.17, 15) is 14.4 Å². The zero-order valence-corrected chi connectivity index (χ0v) is 16.6. The Morgan fingerprint density at radius 3 is 2.40 bits per heavy atom. The molecule has 0 fully saturated rings. The summed E-state index contributed by atoms with van der Waals surface area (Å²) in [6.45, 7) is 0. The second kappa shape index (κ2) is 7.97. The summed E-state index contributed by atoms with van der Waals surface area (Å²) in [5.74, 6) is -0.945. The van der Waals surface area contributed by atoms with Gasteiger partial charge in [0.15, 0.2) is 5.78 Å². The van der Waals surface area contributed by atoms with Crippen LogP contribution in [-0.2, 0) is 4.74 Å². The third kappa shape index (κ3) is 3.63. The molecule has 30 heavy (non-hydrogen) atoms. The van der Waals surface area contributed by atoms with Gasteiger partial charge in [-0.1, -0.05) is 41.9 Å². The first-order chi connectivity index (χ1) is 14.5. The zero-order chi connectivity index (χ0) is 21.3. The van der Waals surface area contributed by atoms with Gasteiger partial charge in [0.05, 0.1) is 7.11 Å². The number of hydrogen-bond donors (Lipinski definition) is 0. The Hall–Kier alpha value is -3.70. The zero-order valence-electron chi connectivity index (χ0n) is 15.8. The smallest absolute Gasteiger partial charge is 0.351 e. The molecule has 1 heterocycles. The molecule has 0 saturated carbocycles. The monoisotopic (exact) mass is 418 g/mol. The van der Waals surface area contributed by atoms with Gasteiger partial charge in [0.1, 0.15) is 11.1 Å². The van der Waals surface area contributed by atoms with Gasteiger partial charge in [-0.05, 0) is 53.4 Å².